The van der Waals surface area contributed by atoms with Gasteiger partial charge in [0.15, 0.2) is 5.76 Å². The number of methoxy groups -OCH3 is 1. The van der Waals surface area contributed by atoms with Crippen LogP contribution in [0.3, 0.4) is 0 Å². The molecule has 1 heterocycles. The standard InChI is InChI=1S/C16H18N2O5/c1-10(19)17-12-6-4-11(5-7-12)13-14(20)16(22)18(15(13)21)8-3-9-23-2/h4-7,20H,3,8-9H2,1-2H3,(H,17,19). The van der Waals surface area contributed by atoms with Crippen LogP contribution in [0, 0.1) is 0 Å². The summed E-state index contributed by atoms with van der Waals surface area (Å²) in [5.74, 6) is -2.00. The zero-order chi connectivity index (χ0) is 17.0. The first kappa shape index (κ1) is 16.7. The predicted octanol–water partition coefficient (Wildman–Crippen LogP) is 1.32. The molecule has 7 nitrogen and oxygen atoms in total. The summed E-state index contributed by atoms with van der Waals surface area (Å²) in [6.45, 7) is 1.99. The van der Waals surface area contributed by atoms with Crippen LogP contribution in [-0.2, 0) is 19.1 Å². The highest BCUT2D eigenvalue weighted by Crippen LogP contribution is 2.28. The van der Waals surface area contributed by atoms with Gasteiger partial charge in [-0.15, -0.1) is 0 Å². The summed E-state index contributed by atoms with van der Waals surface area (Å²) < 4.78 is 4.90. The predicted molar refractivity (Wildman–Crippen MR) is 83.5 cm³/mol. The zero-order valence-corrected chi connectivity index (χ0v) is 13.0. The molecule has 0 spiro atoms. The van der Waals surface area contributed by atoms with E-state index in [-0.39, 0.29) is 18.0 Å². The molecule has 23 heavy (non-hydrogen) atoms. The van der Waals surface area contributed by atoms with E-state index in [0.29, 0.717) is 24.3 Å². The number of ether oxygens (including phenoxy) is 1. The molecule has 2 rings (SSSR count). The normalized spacial score (nSPS) is 14.6. The van der Waals surface area contributed by atoms with Crippen LogP contribution in [-0.4, -0.2) is 48.0 Å². The molecule has 2 N–H and O–H groups in total. The summed E-state index contributed by atoms with van der Waals surface area (Å²) in [6, 6.07) is 6.34. The molecule has 0 atom stereocenters. The lowest BCUT2D eigenvalue weighted by Crippen LogP contribution is -2.33. The average Bonchev–Trinajstić information content (AvgIpc) is 2.71. The molecule has 0 radical (unpaired) electrons. The Hall–Kier alpha value is -2.67. The molecule has 0 aliphatic carbocycles. The molecule has 7 heteroatoms. The fraction of sp³-hybridized carbons (Fsp3) is 0.312. The van der Waals surface area contributed by atoms with E-state index in [4.69, 9.17) is 4.74 Å². The molecule has 1 aliphatic heterocycles. The van der Waals surface area contributed by atoms with Crippen molar-refractivity contribution in [1.82, 2.24) is 4.90 Å². The Morgan fingerprint density at radius 2 is 1.87 bits per heavy atom. The number of amides is 3. The first-order valence-corrected chi connectivity index (χ1v) is 7.12. The van der Waals surface area contributed by atoms with Crippen molar-refractivity contribution in [2.24, 2.45) is 0 Å². The van der Waals surface area contributed by atoms with Crippen LogP contribution in [0.5, 0.6) is 0 Å². The van der Waals surface area contributed by atoms with Gasteiger partial charge in [-0.2, -0.15) is 0 Å². The number of carbonyl (C=O) groups excluding carboxylic acids is 3. The van der Waals surface area contributed by atoms with Crippen molar-refractivity contribution in [1.29, 1.82) is 0 Å². The Balaban J connectivity index is 2.19. The molecule has 1 aliphatic rings. The number of carbonyl (C=O) groups is 3. The minimum atomic E-state index is -0.702. The average molecular weight is 318 g/mol. The van der Waals surface area contributed by atoms with Crippen molar-refractivity contribution in [2.75, 3.05) is 25.6 Å². The number of rotatable bonds is 6. The topological polar surface area (TPSA) is 95.9 Å². The molecule has 122 valence electrons. The van der Waals surface area contributed by atoms with Crippen LogP contribution in [0.1, 0.15) is 18.9 Å². The summed E-state index contributed by atoms with van der Waals surface area (Å²) in [6.07, 6.45) is 0.496. The van der Waals surface area contributed by atoms with Crippen molar-refractivity contribution in [3.8, 4) is 0 Å². The van der Waals surface area contributed by atoms with E-state index >= 15 is 0 Å². The van der Waals surface area contributed by atoms with E-state index in [1.807, 2.05) is 0 Å². The third-order valence-corrected chi connectivity index (χ3v) is 3.37. The SMILES string of the molecule is COCCCN1C(=O)C(O)=C(c2ccc(NC(C)=O)cc2)C1=O. The third-order valence-electron chi connectivity index (χ3n) is 3.37. The van der Waals surface area contributed by atoms with Crippen molar-refractivity contribution in [2.45, 2.75) is 13.3 Å². The van der Waals surface area contributed by atoms with Gasteiger partial charge in [0.1, 0.15) is 0 Å². The summed E-state index contributed by atoms with van der Waals surface area (Å²) in [4.78, 5) is 36.4. The monoisotopic (exact) mass is 318 g/mol. The second-order valence-electron chi connectivity index (χ2n) is 5.09. The number of hydrogen-bond acceptors (Lipinski definition) is 5. The van der Waals surface area contributed by atoms with Crippen LogP contribution in [0.15, 0.2) is 30.0 Å². The van der Waals surface area contributed by atoms with Gasteiger partial charge in [-0.3, -0.25) is 19.3 Å². The molecule has 3 amide bonds. The lowest BCUT2D eigenvalue weighted by atomic mass is 10.1. The van der Waals surface area contributed by atoms with Gasteiger partial charge in [0.25, 0.3) is 11.8 Å². The maximum atomic E-state index is 12.4. The number of imide groups is 1. The molecule has 0 aromatic heterocycles. The van der Waals surface area contributed by atoms with Gasteiger partial charge < -0.3 is 15.2 Å². The Morgan fingerprint density at radius 3 is 2.43 bits per heavy atom. The van der Waals surface area contributed by atoms with Gasteiger partial charge in [0.05, 0.1) is 5.57 Å². The Morgan fingerprint density at radius 1 is 1.22 bits per heavy atom. The van der Waals surface area contributed by atoms with E-state index in [0.717, 1.165) is 4.90 Å². The van der Waals surface area contributed by atoms with E-state index in [1.165, 1.54) is 14.0 Å². The number of hydrogen-bond donors (Lipinski definition) is 2. The fourth-order valence-electron chi connectivity index (χ4n) is 2.32. The van der Waals surface area contributed by atoms with E-state index in [2.05, 4.69) is 5.32 Å². The molecular formula is C16H18N2O5. The molecule has 0 unspecified atom stereocenters. The van der Waals surface area contributed by atoms with Crippen molar-refractivity contribution in [3.63, 3.8) is 0 Å². The van der Waals surface area contributed by atoms with Gasteiger partial charge in [-0.05, 0) is 24.1 Å². The minimum Gasteiger partial charge on any atom is -0.502 e. The summed E-state index contributed by atoms with van der Waals surface area (Å²) in [5.41, 5.74) is 0.959. The fourth-order valence-corrected chi connectivity index (χ4v) is 2.32. The van der Waals surface area contributed by atoms with Crippen LogP contribution < -0.4 is 5.32 Å². The number of aliphatic hydroxyl groups is 1. The van der Waals surface area contributed by atoms with E-state index in [9.17, 15) is 19.5 Å². The quantitative estimate of drug-likeness (QED) is 0.609. The second-order valence-corrected chi connectivity index (χ2v) is 5.09. The summed E-state index contributed by atoms with van der Waals surface area (Å²) >= 11 is 0. The van der Waals surface area contributed by atoms with Crippen molar-refractivity contribution in [3.05, 3.63) is 35.6 Å². The van der Waals surface area contributed by atoms with E-state index < -0.39 is 17.6 Å². The number of nitrogens with one attached hydrogen (secondary N) is 1. The van der Waals surface area contributed by atoms with Crippen LogP contribution >= 0.6 is 0 Å². The van der Waals surface area contributed by atoms with Crippen LogP contribution in [0.2, 0.25) is 0 Å². The number of benzene rings is 1. The minimum absolute atomic E-state index is 0.0261. The molecule has 0 saturated heterocycles. The largest absolute Gasteiger partial charge is 0.502 e. The second kappa shape index (κ2) is 7.06. The highest BCUT2D eigenvalue weighted by Gasteiger charge is 2.38. The smallest absolute Gasteiger partial charge is 0.296 e. The Kier molecular flexibility index (Phi) is 5.13. The molecule has 0 bridgehead atoms. The van der Waals surface area contributed by atoms with Crippen LogP contribution in [0.4, 0.5) is 5.69 Å². The maximum absolute atomic E-state index is 12.4. The van der Waals surface area contributed by atoms with Crippen molar-refractivity contribution < 1.29 is 24.2 Å². The summed E-state index contributed by atoms with van der Waals surface area (Å²) in [5, 5.41) is 12.6. The molecule has 0 fully saturated rings. The molecule has 1 aromatic rings. The third kappa shape index (κ3) is 3.57. The van der Waals surface area contributed by atoms with Gasteiger partial charge in [-0.25, -0.2) is 0 Å². The lowest BCUT2D eigenvalue weighted by molar-refractivity contribution is -0.138. The molecule has 0 saturated carbocycles. The van der Waals surface area contributed by atoms with Gasteiger partial charge in [0.2, 0.25) is 5.91 Å². The van der Waals surface area contributed by atoms with Gasteiger partial charge in [0, 0.05) is 32.9 Å². The van der Waals surface area contributed by atoms with Gasteiger partial charge in [-0.1, -0.05) is 12.1 Å². The number of aliphatic hydroxyl groups excluding tert-OH is 1. The molecular weight excluding hydrogens is 300 g/mol. The Bertz CT molecular complexity index is 664. The Labute approximate surface area is 133 Å². The highest BCUT2D eigenvalue weighted by atomic mass is 16.5. The van der Waals surface area contributed by atoms with Crippen LogP contribution in [0.25, 0.3) is 5.57 Å². The molecule has 1 aromatic carbocycles. The van der Waals surface area contributed by atoms with E-state index in [1.54, 1.807) is 24.3 Å². The maximum Gasteiger partial charge on any atom is 0.296 e. The zero-order valence-electron chi connectivity index (χ0n) is 13.0. The number of anilines is 1. The van der Waals surface area contributed by atoms with Gasteiger partial charge >= 0.3 is 0 Å². The lowest BCUT2D eigenvalue weighted by Gasteiger charge is -2.13. The summed E-state index contributed by atoms with van der Waals surface area (Å²) in [7, 11) is 1.53. The van der Waals surface area contributed by atoms with Crippen molar-refractivity contribution >= 4 is 29.0 Å². The highest BCUT2D eigenvalue weighted by molar-refractivity contribution is 6.34. The first-order chi connectivity index (χ1) is 11.0. The first-order valence-electron chi connectivity index (χ1n) is 7.12. The number of nitrogens with zero attached hydrogens (tertiary/aromatic N) is 1.